The first kappa shape index (κ1) is 11.3. The van der Waals surface area contributed by atoms with Gasteiger partial charge in [-0.1, -0.05) is 0 Å². The Morgan fingerprint density at radius 3 is 2.53 bits per heavy atom. The number of anilines is 1. The highest BCUT2D eigenvalue weighted by molar-refractivity contribution is 5.65. The average Bonchev–Trinajstić information content (AvgIpc) is 2.65. The van der Waals surface area contributed by atoms with Crippen LogP contribution in [-0.4, -0.2) is 20.2 Å². The Morgan fingerprint density at radius 1 is 1.29 bits per heavy atom. The van der Waals surface area contributed by atoms with E-state index in [1.165, 1.54) is 6.20 Å². The van der Waals surface area contributed by atoms with E-state index < -0.39 is 12.1 Å². The van der Waals surface area contributed by atoms with Gasteiger partial charge in [-0.15, -0.1) is 10.2 Å². The summed E-state index contributed by atoms with van der Waals surface area (Å²) in [6, 6.07) is 0. The van der Waals surface area contributed by atoms with E-state index in [9.17, 15) is 13.2 Å². The lowest BCUT2D eigenvalue weighted by Crippen LogP contribution is -2.04. The van der Waals surface area contributed by atoms with Crippen LogP contribution in [0.3, 0.4) is 0 Å². The van der Waals surface area contributed by atoms with Crippen molar-refractivity contribution in [3.05, 3.63) is 17.9 Å². The molecule has 90 valence electrons. The molecule has 2 heterocycles. The van der Waals surface area contributed by atoms with Crippen LogP contribution in [0.4, 0.5) is 19.0 Å². The largest absolute Gasteiger partial charge is 0.470 e. The molecule has 2 N–H and O–H groups in total. The Balaban J connectivity index is 2.44. The molecule has 0 aliphatic heterocycles. The van der Waals surface area contributed by atoms with Gasteiger partial charge >= 0.3 is 12.1 Å². The quantitative estimate of drug-likeness (QED) is 0.817. The van der Waals surface area contributed by atoms with Crippen LogP contribution in [0.5, 0.6) is 0 Å². The van der Waals surface area contributed by atoms with E-state index in [0.29, 0.717) is 5.82 Å². The molecular formula is C8H6F3N5O. The highest BCUT2D eigenvalue weighted by Crippen LogP contribution is 2.31. The van der Waals surface area contributed by atoms with Crippen LogP contribution in [0, 0.1) is 6.92 Å². The molecule has 0 aliphatic rings. The number of nitrogens with zero attached hydrogens (tertiary/aromatic N) is 4. The maximum Gasteiger partial charge on any atom is 0.470 e. The van der Waals surface area contributed by atoms with Crippen molar-refractivity contribution in [3.8, 4) is 11.5 Å². The van der Waals surface area contributed by atoms with Crippen molar-refractivity contribution < 1.29 is 17.6 Å². The van der Waals surface area contributed by atoms with Gasteiger partial charge in [0.25, 0.3) is 5.89 Å². The fraction of sp³-hybridized carbons (Fsp3) is 0.250. The summed E-state index contributed by atoms with van der Waals surface area (Å²) in [5, 5.41) is 6.12. The van der Waals surface area contributed by atoms with E-state index in [0.717, 1.165) is 0 Å². The molecular weight excluding hydrogens is 239 g/mol. The van der Waals surface area contributed by atoms with Gasteiger partial charge < -0.3 is 10.2 Å². The van der Waals surface area contributed by atoms with Gasteiger partial charge in [-0.05, 0) is 6.92 Å². The van der Waals surface area contributed by atoms with Crippen LogP contribution < -0.4 is 5.73 Å². The molecule has 0 aliphatic carbocycles. The molecule has 0 saturated heterocycles. The standard InChI is InChI=1S/C8H6F3N5O/c1-3-13-2-4(5(12)14-3)6-15-16-7(17-6)8(9,10)11/h2H,1H3,(H2,12,13,14). The molecule has 0 fully saturated rings. The molecule has 0 amide bonds. The normalized spacial score (nSPS) is 11.8. The number of nitrogens with two attached hydrogens (primary N) is 1. The van der Waals surface area contributed by atoms with Gasteiger partial charge in [-0.3, -0.25) is 0 Å². The summed E-state index contributed by atoms with van der Waals surface area (Å²) in [7, 11) is 0. The van der Waals surface area contributed by atoms with Crippen molar-refractivity contribution in [2.75, 3.05) is 5.73 Å². The molecule has 0 spiro atoms. The number of aryl methyl sites for hydroxylation is 1. The monoisotopic (exact) mass is 245 g/mol. The van der Waals surface area contributed by atoms with Crippen molar-refractivity contribution in [2.45, 2.75) is 13.1 Å². The molecule has 0 atom stereocenters. The predicted octanol–water partition coefficient (Wildman–Crippen LogP) is 1.44. The minimum atomic E-state index is -4.69. The molecule has 9 heteroatoms. The summed E-state index contributed by atoms with van der Waals surface area (Å²) < 4.78 is 41.1. The van der Waals surface area contributed by atoms with Gasteiger partial charge in [-0.2, -0.15) is 13.2 Å². The van der Waals surface area contributed by atoms with E-state index in [-0.39, 0.29) is 17.3 Å². The van der Waals surface area contributed by atoms with Crippen molar-refractivity contribution in [2.24, 2.45) is 0 Å². The second kappa shape index (κ2) is 3.68. The Kier molecular flexibility index (Phi) is 2.45. The number of rotatable bonds is 1. The van der Waals surface area contributed by atoms with Gasteiger partial charge in [0.1, 0.15) is 11.6 Å². The first-order chi connectivity index (χ1) is 7.88. The lowest BCUT2D eigenvalue weighted by Gasteiger charge is -2.00. The van der Waals surface area contributed by atoms with Gasteiger partial charge in [0.15, 0.2) is 0 Å². The van der Waals surface area contributed by atoms with Gasteiger partial charge in [0.05, 0.1) is 5.56 Å². The average molecular weight is 245 g/mol. The zero-order valence-electron chi connectivity index (χ0n) is 8.49. The van der Waals surface area contributed by atoms with Crippen molar-refractivity contribution in [3.63, 3.8) is 0 Å². The number of halogens is 3. The summed E-state index contributed by atoms with van der Waals surface area (Å²) in [6.07, 6.45) is -3.46. The SMILES string of the molecule is Cc1ncc(-c2nnc(C(F)(F)F)o2)c(N)n1. The van der Waals surface area contributed by atoms with Crippen molar-refractivity contribution in [1.29, 1.82) is 0 Å². The van der Waals surface area contributed by atoms with Crippen LogP contribution in [0.25, 0.3) is 11.5 Å². The molecule has 17 heavy (non-hydrogen) atoms. The Bertz CT molecular complexity index is 550. The lowest BCUT2D eigenvalue weighted by molar-refractivity contribution is -0.156. The maximum atomic E-state index is 12.2. The minimum absolute atomic E-state index is 0.0186. The van der Waals surface area contributed by atoms with Crippen LogP contribution in [0.2, 0.25) is 0 Å². The third kappa shape index (κ3) is 2.17. The Hall–Kier alpha value is -2.19. The summed E-state index contributed by atoms with van der Waals surface area (Å²) in [4.78, 5) is 7.57. The fourth-order valence-electron chi connectivity index (χ4n) is 1.10. The Labute approximate surface area is 92.7 Å². The second-order valence-corrected chi connectivity index (χ2v) is 3.13. The molecule has 0 bridgehead atoms. The van der Waals surface area contributed by atoms with E-state index in [1.54, 1.807) is 6.92 Å². The van der Waals surface area contributed by atoms with Gasteiger partial charge in [0, 0.05) is 6.20 Å². The minimum Gasteiger partial charge on any atom is -0.412 e. The third-order valence-corrected chi connectivity index (χ3v) is 1.84. The summed E-state index contributed by atoms with van der Waals surface area (Å²) in [5.41, 5.74) is 5.58. The highest BCUT2D eigenvalue weighted by Gasteiger charge is 2.38. The van der Waals surface area contributed by atoms with E-state index >= 15 is 0 Å². The number of nitrogen functional groups attached to an aromatic ring is 1. The number of alkyl halides is 3. The maximum absolute atomic E-state index is 12.2. The first-order valence-electron chi connectivity index (χ1n) is 4.38. The summed E-state index contributed by atoms with van der Waals surface area (Å²) >= 11 is 0. The Morgan fingerprint density at radius 2 is 2.00 bits per heavy atom. The molecule has 2 rings (SSSR count). The van der Waals surface area contributed by atoms with Crippen LogP contribution in [0.1, 0.15) is 11.7 Å². The molecule has 0 aromatic carbocycles. The van der Waals surface area contributed by atoms with E-state index in [1.807, 2.05) is 0 Å². The van der Waals surface area contributed by atoms with Crippen LogP contribution in [0.15, 0.2) is 10.6 Å². The van der Waals surface area contributed by atoms with Gasteiger partial charge in [-0.25, -0.2) is 9.97 Å². The zero-order valence-corrected chi connectivity index (χ0v) is 8.49. The zero-order chi connectivity index (χ0) is 12.6. The number of hydrogen-bond acceptors (Lipinski definition) is 6. The first-order valence-corrected chi connectivity index (χ1v) is 4.38. The molecule has 0 saturated carbocycles. The molecule has 0 radical (unpaired) electrons. The highest BCUT2D eigenvalue weighted by atomic mass is 19.4. The molecule has 2 aromatic rings. The second-order valence-electron chi connectivity index (χ2n) is 3.13. The number of hydrogen-bond donors (Lipinski definition) is 1. The fourth-order valence-corrected chi connectivity index (χ4v) is 1.10. The number of aromatic nitrogens is 4. The molecule has 2 aromatic heterocycles. The van der Waals surface area contributed by atoms with Crippen LogP contribution in [-0.2, 0) is 6.18 Å². The summed E-state index contributed by atoms with van der Waals surface area (Å²) in [5.74, 6) is -1.43. The summed E-state index contributed by atoms with van der Waals surface area (Å²) in [6.45, 7) is 1.59. The van der Waals surface area contributed by atoms with Crippen molar-refractivity contribution >= 4 is 5.82 Å². The topological polar surface area (TPSA) is 90.7 Å². The van der Waals surface area contributed by atoms with Gasteiger partial charge in [0.2, 0.25) is 0 Å². The van der Waals surface area contributed by atoms with Crippen LogP contribution >= 0.6 is 0 Å². The molecule has 6 nitrogen and oxygen atoms in total. The van der Waals surface area contributed by atoms with E-state index in [4.69, 9.17) is 5.73 Å². The lowest BCUT2D eigenvalue weighted by atomic mass is 10.3. The predicted molar refractivity (Wildman–Crippen MR) is 49.5 cm³/mol. The third-order valence-electron chi connectivity index (χ3n) is 1.84. The van der Waals surface area contributed by atoms with E-state index in [2.05, 4.69) is 24.6 Å². The van der Waals surface area contributed by atoms with Crippen molar-refractivity contribution in [1.82, 2.24) is 20.2 Å². The molecule has 0 unspecified atom stereocenters. The smallest absolute Gasteiger partial charge is 0.412 e.